The zero-order valence-electron chi connectivity index (χ0n) is 9.25. The molecule has 0 amide bonds. The van der Waals surface area contributed by atoms with E-state index in [0.29, 0.717) is 17.5 Å². The van der Waals surface area contributed by atoms with E-state index >= 15 is 0 Å². The molecule has 2 rings (SSSR count). The molecule has 3 nitrogen and oxygen atoms in total. The first kappa shape index (κ1) is 11.2. The van der Waals surface area contributed by atoms with Gasteiger partial charge in [-0.05, 0) is 32.2 Å². The molecule has 16 heavy (non-hydrogen) atoms. The summed E-state index contributed by atoms with van der Waals surface area (Å²) in [5.41, 5.74) is 1.81. The molecule has 0 spiro atoms. The van der Waals surface area contributed by atoms with Crippen molar-refractivity contribution in [3.05, 3.63) is 40.7 Å². The summed E-state index contributed by atoms with van der Waals surface area (Å²) in [6, 6.07) is 7.49. The number of nitrogens with zero attached hydrogens (tertiary/aromatic N) is 1. The number of aryl methyl sites for hydroxylation is 1. The van der Waals surface area contributed by atoms with Crippen molar-refractivity contribution in [2.45, 2.75) is 13.5 Å². The molecule has 0 bridgehead atoms. The molecule has 0 fully saturated rings. The van der Waals surface area contributed by atoms with Crippen LogP contribution in [0.2, 0.25) is 5.02 Å². The van der Waals surface area contributed by atoms with Crippen molar-refractivity contribution >= 4 is 11.6 Å². The van der Waals surface area contributed by atoms with E-state index in [1.807, 2.05) is 38.2 Å². The van der Waals surface area contributed by atoms with Gasteiger partial charge >= 0.3 is 0 Å². The maximum Gasteiger partial charge on any atom is 0.226 e. The number of halogens is 1. The highest BCUT2D eigenvalue weighted by atomic mass is 35.5. The summed E-state index contributed by atoms with van der Waals surface area (Å²) in [5, 5.41) is 3.72. The molecule has 0 aliphatic rings. The molecule has 1 aromatic carbocycles. The molecule has 0 aliphatic heterocycles. The Hall–Kier alpha value is -1.32. The smallest absolute Gasteiger partial charge is 0.226 e. The van der Waals surface area contributed by atoms with Crippen LogP contribution in [0.25, 0.3) is 11.5 Å². The lowest BCUT2D eigenvalue weighted by Gasteiger charge is -1.96. The second-order valence-electron chi connectivity index (χ2n) is 3.57. The Bertz CT molecular complexity index is 494. The predicted molar refractivity (Wildman–Crippen MR) is 64.4 cm³/mol. The summed E-state index contributed by atoms with van der Waals surface area (Å²) in [5.74, 6) is 1.47. The summed E-state index contributed by atoms with van der Waals surface area (Å²) in [6.45, 7) is 2.61. The lowest BCUT2D eigenvalue weighted by molar-refractivity contribution is 0.501. The Kier molecular flexibility index (Phi) is 3.27. The van der Waals surface area contributed by atoms with E-state index in [2.05, 4.69) is 10.3 Å². The van der Waals surface area contributed by atoms with Crippen molar-refractivity contribution in [1.29, 1.82) is 0 Å². The van der Waals surface area contributed by atoms with Gasteiger partial charge in [0.2, 0.25) is 5.89 Å². The standard InChI is InChI=1S/C12H13ClN2O/c1-8-11(7-14-2)16-12(15-8)9-4-3-5-10(13)6-9/h3-6,14H,7H2,1-2H3. The van der Waals surface area contributed by atoms with E-state index in [0.717, 1.165) is 17.0 Å². The third kappa shape index (κ3) is 2.26. The molecule has 1 N–H and O–H groups in total. The minimum atomic E-state index is 0.616. The second kappa shape index (κ2) is 4.68. The Morgan fingerprint density at radius 1 is 1.44 bits per heavy atom. The van der Waals surface area contributed by atoms with Gasteiger partial charge in [0.15, 0.2) is 0 Å². The minimum Gasteiger partial charge on any atom is -0.440 e. The van der Waals surface area contributed by atoms with Crippen LogP contribution >= 0.6 is 11.6 Å². The molecule has 0 aliphatic carbocycles. The van der Waals surface area contributed by atoms with Crippen molar-refractivity contribution in [3.8, 4) is 11.5 Å². The molecular formula is C12H13ClN2O. The summed E-state index contributed by atoms with van der Waals surface area (Å²) in [4.78, 5) is 4.38. The topological polar surface area (TPSA) is 38.1 Å². The molecule has 4 heteroatoms. The molecular weight excluding hydrogens is 224 g/mol. The predicted octanol–water partition coefficient (Wildman–Crippen LogP) is 3.02. The average Bonchev–Trinajstić information content (AvgIpc) is 2.61. The van der Waals surface area contributed by atoms with Gasteiger partial charge in [0.05, 0.1) is 12.2 Å². The first-order valence-electron chi connectivity index (χ1n) is 5.07. The fraction of sp³-hybridized carbons (Fsp3) is 0.250. The van der Waals surface area contributed by atoms with Gasteiger partial charge in [-0.1, -0.05) is 17.7 Å². The van der Waals surface area contributed by atoms with Crippen LogP contribution in [-0.4, -0.2) is 12.0 Å². The third-order valence-corrected chi connectivity index (χ3v) is 2.54. The van der Waals surface area contributed by atoms with E-state index in [-0.39, 0.29) is 0 Å². The average molecular weight is 237 g/mol. The third-order valence-electron chi connectivity index (χ3n) is 2.30. The van der Waals surface area contributed by atoms with E-state index < -0.39 is 0 Å². The Morgan fingerprint density at radius 2 is 2.25 bits per heavy atom. The number of aromatic nitrogens is 1. The van der Waals surface area contributed by atoms with Crippen LogP contribution in [0, 0.1) is 6.92 Å². The molecule has 0 unspecified atom stereocenters. The maximum atomic E-state index is 5.92. The molecule has 0 saturated carbocycles. The Balaban J connectivity index is 2.37. The SMILES string of the molecule is CNCc1oc(-c2cccc(Cl)c2)nc1C. The van der Waals surface area contributed by atoms with E-state index in [1.165, 1.54) is 0 Å². The fourth-order valence-corrected chi connectivity index (χ4v) is 1.69. The highest BCUT2D eigenvalue weighted by Crippen LogP contribution is 2.24. The summed E-state index contributed by atoms with van der Waals surface area (Å²) >= 11 is 5.92. The van der Waals surface area contributed by atoms with Crippen LogP contribution < -0.4 is 5.32 Å². The van der Waals surface area contributed by atoms with Crippen molar-refractivity contribution in [3.63, 3.8) is 0 Å². The maximum absolute atomic E-state index is 5.92. The number of hydrogen-bond donors (Lipinski definition) is 1. The number of nitrogens with one attached hydrogen (secondary N) is 1. The van der Waals surface area contributed by atoms with Crippen LogP contribution in [0.15, 0.2) is 28.7 Å². The largest absolute Gasteiger partial charge is 0.440 e. The van der Waals surface area contributed by atoms with Crippen molar-refractivity contribution in [2.75, 3.05) is 7.05 Å². The Labute approximate surface area is 99.5 Å². The molecule has 2 aromatic rings. The van der Waals surface area contributed by atoms with E-state index in [4.69, 9.17) is 16.0 Å². The number of benzene rings is 1. The Morgan fingerprint density at radius 3 is 2.94 bits per heavy atom. The second-order valence-corrected chi connectivity index (χ2v) is 4.00. The first-order valence-corrected chi connectivity index (χ1v) is 5.45. The van der Waals surface area contributed by atoms with Gasteiger partial charge in [-0.3, -0.25) is 0 Å². The molecule has 0 atom stereocenters. The fourth-order valence-electron chi connectivity index (χ4n) is 1.50. The van der Waals surface area contributed by atoms with Crippen LogP contribution in [0.3, 0.4) is 0 Å². The normalized spacial score (nSPS) is 10.7. The lowest BCUT2D eigenvalue weighted by atomic mass is 10.2. The summed E-state index contributed by atoms with van der Waals surface area (Å²) in [6.07, 6.45) is 0. The molecule has 1 heterocycles. The van der Waals surface area contributed by atoms with Crippen LogP contribution in [0.1, 0.15) is 11.5 Å². The van der Waals surface area contributed by atoms with Gasteiger partial charge in [-0.25, -0.2) is 4.98 Å². The molecule has 0 saturated heterocycles. The molecule has 0 radical (unpaired) electrons. The van der Waals surface area contributed by atoms with E-state index in [9.17, 15) is 0 Å². The molecule has 84 valence electrons. The first-order chi connectivity index (χ1) is 7.70. The molecule has 1 aromatic heterocycles. The van der Waals surface area contributed by atoms with Gasteiger partial charge in [0.25, 0.3) is 0 Å². The van der Waals surface area contributed by atoms with Crippen LogP contribution in [0.4, 0.5) is 0 Å². The summed E-state index contributed by atoms with van der Waals surface area (Å²) < 4.78 is 5.66. The van der Waals surface area contributed by atoms with Gasteiger partial charge < -0.3 is 9.73 Å². The zero-order valence-corrected chi connectivity index (χ0v) is 10.0. The van der Waals surface area contributed by atoms with Crippen LogP contribution in [0.5, 0.6) is 0 Å². The highest BCUT2D eigenvalue weighted by Gasteiger charge is 2.10. The van der Waals surface area contributed by atoms with Gasteiger partial charge in [-0.15, -0.1) is 0 Å². The van der Waals surface area contributed by atoms with Crippen molar-refractivity contribution < 1.29 is 4.42 Å². The highest BCUT2D eigenvalue weighted by molar-refractivity contribution is 6.30. The van der Waals surface area contributed by atoms with Gasteiger partial charge in [0.1, 0.15) is 5.76 Å². The van der Waals surface area contributed by atoms with Crippen molar-refractivity contribution in [1.82, 2.24) is 10.3 Å². The lowest BCUT2D eigenvalue weighted by Crippen LogP contribution is -2.04. The van der Waals surface area contributed by atoms with Gasteiger partial charge in [0, 0.05) is 10.6 Å². The number of rotatable bonds is 3. The van der Waals surface area contributed by atoms with Crippen molar-refractivity contribution in [2.24, 2.45) is 0 Å². The quantitative estimate of drug-likeness (QED) is 0.890. The zero-order chi connectivity index (χ0) is 11.5. The monoisotopic (exact) mass is 236 g/mol. The van der Waals surface area contributed by atoms with Crippen LogP contribution in [-0.2, 0) is 6.54 Å². The van der Waals surface area contributed by atoms with Gasteiger partial charge in [-0.2, -0.15) is 0 Å². The minimum absolute atomic E-state index is 0.616. The number of oxazole rings is 1. The summed E-state index contributed by atoms with van der Waals surface area (Å²) in [7, 11) is 1.88. The van der Waals surface area contributed by atoms with E-state index in [1.54, 1.807) is 0 Å². The number of hydrogen-bond acceptors (Lipinski definition) is 3.